The molecule has 1 aromatic rings. The van der Waals surface area contributed by atoms with E-state index in [4.69, 9.17) is 0 Å². The third-order valence-electron chi connectivity index (χ3n) is 0.834. The van der Waals surface area contributed by atoms with Crippen LogP contribution in [-0.2, 0) is 6.42 Å². The van der Waals surface area contributed by atoms with E-state index in [1.165, 1.54) is 0 Å². The maximum absolute atomic E-state index is 11.5. The second-order valence-electron chi connectivity index (χ2n) is 1.80. The number of halogens is 3. The molecule has 0 saturated carbocycles. The number of aromatic amines is 1. The minimum absolute atomic E-state index is 0.650. The summed E-state index contributed by atoms with van der Waals surface area (Å²) in [6.45, 7) is 0. The number of alkyl halides is 3. The van der Waals surface area contributed by atoms with E-state index in [1.807, 2.05) is 0 Å². The Hall–Kier alpha value is -1.27. The normalized spacial score (nSPS) is 11.9. The molecule has 0 fully saturated rings. The van der Waals surface area contributed by atoms with Crippen molar-refractivity contribution in [3.63, 3.8) is 0 Å². The first-order chi connectivity index (χ1) is 4.97. The van der Waals surface area contributed by atoms with Crippen molar-refractivity contribution < 1.29 is 17.6 Å². The number of nitrogens with one attached hydrogen (secondary N) is 1. The van der Waals surface area contributed by atoms with Gasteiger partial charge in [0.25, 0.3) is 0 Å². The number of nitrogens with zero attached hydrogens (tertiary/aromatic N) is 1. The number of H-pyrrole nitrogens is 1. The van der Waals surface area contributed by atoms with Crippen LogP contribution in [0.3, 0.4) is 0 Å². The van der Waals surface area contributed by atoms with Crippen LogP contribution < -0.4 is 5.76 Å². The summed E-state index contributed by atoms with van der Waals surface area (Å²) in [5.74, 6) is -1.63. The minimum atomic E-state index is -4.40. The summed E-state index contributed by atoms with van der Waals surface area (Å²) >= 11 is 0. The fourth-order valence-electron chi connectivity index (χ4n) is 0.508. The molecule has 0 aliphatic heterocycles. The van der Waals surface area contributed by atoms with Gasteiger partial charge in [-0.2, -0.15) is 13.2 Å². The van der Waals surface area contributed by atoms with Gasteiger partial charge in [0.15, 0.2) is 0 Å². The lowest BCUT2D eigenvalue weighted by molar-refractivity contribution is -0.131. The van der Waals surface area contributed by atoms with Crippen LogP contribution >= 0.6 is 0 Å². The number of rotatable bonds is 1. The van der Waals surface area contributed by atoms with Crippen molar-refractivity contribution in [3.05, 3.63) is 16.4 Å². The molecule has 1 rings (SSSR count). The van der Waals surface area contributed by atoms with Crippen LogP contribution in [-0.4, -0.2) is 16.4 Å². The van der Waals surface area contributed by atoms with Gasteiger partial charge in [-0.3, -0.25) is 0 Å². The van der Waals surface area contributed by atoms with Crippen LogP contribution in [0, 0.1) is 0 Å². The van der Waals surface area contributed by atoms with Crippen LogP contribution in [0.5, 0.6) is 0 Å². The van der Waals surface area contributed by atoms with Gasteiger partial charge in [0.1, 0.15) is 6.42 Å². The van der Waals surface area contributed by atoms with Crippen LogP contribution in [0.4, 0.5) is 13.2 Å². The molecule has 0 atom stereocenters. The third kappa shape index (κ3) is 2.44. The van der Waals surface area contributed by atoms with Crippen molar-refractivity contribution in [2.75, 3.05) is 0 Å². The molecular formula is C4H3F3N2O2. The van der Waals surface area contributed by atoms with Gasteiger partial charge in [0.2, 0.25) is 5.89 Å². The van der Waals surface area contributed by atoms with E-state index >= 15 is 0 Å². The van der Waals surface area contributed by atoms with Crippen molar-refractivity contribution in [1.82, 2.24) is 10.2 Å². The van der Waals surface area contributed by atoms with E-state index in [2.05, 4.69) is 9.52 Å². The molecule has 0 aliphatic rings. The van der Waals surface area contributed by atoms with Crippen LogP contribution in [0.2, 0.25) is 0 Å². The standard InChI is InChI=1S/C4H3F3N2O2/c5-4(6,7)1-2-8-9-3(10)11-2/h1H2,(H,9,10). The predicted octanol–water partition coefficient (Wildman–Crippen LogP) is 0.468. The van der Waals surface area contributed by atoms with E-state index in [9.17, 15) is 18.0 Å². The molecule has 11 heavy (non-hydrogen) atoms. The smallest absolute Gasteiger partial charge is 0.392 e. The van der Waals surface area contributed by atoms with Gasteiger partial charge in [-0.25, -0.2) is 9.89 Å². The van der Waals surface area contributed by atoms with Gasteiger partial charge in [-0.05, 0) is 0 Å². The molecule has 7 heteroatoms. The predicted molar refractivity (Wildman–Crippen MR) is 26.9 cm³/mol. The second kappa shape index (κ2) is 2.40. The van der Waals surface area contributed by atoms with Gasteiger partial charge in [0.05, 0.1) is 0 Å². The van der Waals surface area contributed by atoms with Crippen molar-refractivity contribution in [1.29, 1.82) is 0 Å². The number of hydrogen-bond donors (Lipinski definition) is 1. The fraction of sp³-hybridized carbons (Fsp3) is 0.500. The molecule has 0 amide bonds. The quantitative estimate of drug-likeness (QED) is 0.662. The van der Waals surface area contributed by atoms with E-state index < -0.39 is 24.2 Å². The van der Waals surface area contributed by atoms with Crippen molar-refractivity contribution in [2.24, 2.45) is 0 Å². The zero-order chi connectivity index (χ0) is 8.48. The summed E-state index contributed by atoms with van der Waals surface area (Å²) in [6.07, 6.45) is -5.73. The van der Waals surface area contributed by atoms with Gasteiger partial charge >= 0.3 is 11.9 Å². The Balaban J connectivity index is 2.73. The van der Waals surface area contributed by atoms with Crippen molar-refractivity contribution >= 4 is 0 Å². The first kappa shape index (κ1) is 7.83. The van der Waals surface area contributed by atoms with Crippen LogP contribution in [0.25, 0.3) is 0 Å². The van der Waals surface area contributed by atoms with Crippen molar-refractivity contribution in [2.45, 2.75) is 12.6 Å². The minimum Gasteiger partial charge on any atom is -0.392 e. The topological polar surface area (TPSA) is 58.9 Å². The Morgan fingerprint density at radius 3 is 2.55 bits per heavy atom. The molecule has 4 nitrogen and oxygen atoms in total. The average molecular weight is 168 g/mol. The van der Waals surface area contributed by atoms with E-state index in [0.29, 0.717) is 0 Å². The summed E-state index contributed by atoms with van der Waals surface area (Å²) in [5.41, 5.74) is 0. The lowest BCUT2D eigenvalue weighted by Gasteiger charge is -1.99. The molecule has 0 bridgehead atoms. The highest BCUT2D eigenvalue weighted by atomic mass is 19.4. The average Bonchev–Trinajstić information content (AvgIpc) is 2.10. The molecule has 0 unspecified atom stereocenters. The highest BCUT2D eigenvalue weighted by Crippen LogP contribution is 2.18. The maximum Gasteiger partial charge on any atom is 0.434 e. The van der Waals surface area contributed by atoms with E-state index in [0.717, 1.165) is 0 Å². The summed E-state index contributed by atoms with van der Waals surface area (Å²) in [5, 5.41) is 4.70. The lowest BCUT2D eigenvalue weighted by Crippen LogP contribution is -2.11. The molecule has 0 spiro atoms. The highest BCUT2D eigenvalue weighted by Gasteiger charge is 2.30. The molecule has 1 N–H and O–H groups in total. The van der Waals surface area contributed by atoms with Gasteiger partial charge in [-0.1, -0.05) is 0 Å². The van der Waals surface area contributed by atoms with E-state index in [-0.39, 0.29) is 0 Å². The summed E-state index contributed by atoms with van der Waals surface area (Å²) in [6, 6.07) is 0. The maximum atomic E-state index is 11.5. The molecule has 0 aliphatic carbocycles. The van der Waals surface area contributed by atoms with E-state index in [1.54, 1.807) is 5.10 Å². The SMILES string of the molecule is O=c1[nH]nc(CC(F)(F)F)o1. The Kier molecular flexibility index (Phi) is 1.71. The fourth-order valence-corrected chi connectivity index (χ4v) is 0.508. The number of aromatic nitrogens is 2. The first-order valence-electron chi connectivity index (χ1n) is 2.58. The van der Waals surface area contributed by atoms with Gasteiger partial charge < -0.3 is 4.42 Å². The molecule has 0 aromatic carbocycles. The highest BCUT2D eigenvalue weighted by molar-refractivity contribution is 4.77. The molecular weight excluding hydrogens is 165 g/mol. The number of hydrogen-bond acceptors (Lipinski definition) is 3. The first-order valence-corrected chi connectivity index (χ1v) is 2.58. The Morgan fingerprint density at radius 1 is 1.55 bits per heavy atom. The van der Waals surface area contributed by atoms with Crippen molar-refractivity contribution in [3.8, 4) is 0 Å². The molecule has 1 aromatic heterocycles. The summed E-state index contributed by atoms with van der Waals surface area (Å²) in [4.78, 5) is 10.1. The lowest BCUT2D eigenvalue weighted by atomic mass is 10.4. The van der Waals surface area contributed by atoms with Gasteiger partial charge in [-0.15, -0.1) is 5.10 Å². The zero-order valence-electron chi connectivity index (χ0n) is 5.10. The largest absolute Gasteiger partial charge is 0.434 e. The summed E-state index contributed by atoms with van der Waals surface area (Å²) in [7, 11) is 0. The molecule has 0 saturated heterocycles. The molecule has 0 radical (unpaired) electrons. The van der Waals surface area contributed by atoms with Gasteiger partial charge in [0, 0.05) is 0 Å². The monoisotopic (exact) mass is 168 g/mol. The summed E-state index contributed by atoms with van der Waals surface area (Å²) < 4.78 is 38.6. The molecule has 1 heterocycles. The third-order valence-corrected chi connectivity index (χ3v) is 0.834. The Morgan fingerprint density at radius 2 is 2.18 bits per heavy atom. The van der Waals surface area contributed by atoms with Crippen LogP contribution in [0.1, 0.15) is 5.89 Å². The molecule has 62 valence electrons. The Bertz CT molecular complexity index is 286. The second-order valence-corrected chi connectivity index (χ2v) is 1.80. The zero-order valence-corrected chi connectivity index (χ0v) is 5.10. The Labute approximate surface area is 58.0 Å². The van der Waals surface area contributed by atoms with Crippen LogP contribution in [0.15, 0.2) is 9.21 Å².